The summed E-state index contributed by atoms with van der Waals surface area (Å²) >= 11 is 5.08. The van der Waals surface area contributed by atoms with Crippen LogP contribution in [0.25, 0.3) is 0 Å². The van der Waals surface area contributed by atoms with Gasteiger partial charge in [-0.1, -0.05) is 0 Å². The maximum absolute atomic E-state index is 12.5. The first kappa shape index (κ1) is 17.5. The molecule has 24 heavy (non-hydrogen) atoms. The number of amides is 1. The van der Waals surface area contributed by atoms with Gasteiger partial charge in [0.25, 0.3) is 5.91 Å². The average Bonchev–Trinajstić information content (AvgIpc) is 3.24. The molecule has 0 aliphatic carbocycles. The molecule has 1 unspecified atom stereocenters. The average molecular weight is 410 g/mol. The lowest BCUT2D eigenvalue weighted by atomic mass is 10.2. The first-order valence-electron chi connectivity index (χ1n) is 7.96. The molecule has 1 fully saturated rings. The standard InChI is InChI=1S/C18H20BrNO3S/c1-20(11-16-8-9-17(19)24-16)18(21)13-4-6-14(7-5-13)23-12-15-3-2-10-22-15/h4-9,15H,2-3,10-12H2,1H3. The Labute approximate surface area is 154 Å². The highest BCUT2D eigenvalue weighted by Gasteiger charge is 2.16. The number of ether oxygens (including phenoxy) is 2. The second-order valence-corrected chi connectivity index (χ2v) is 8.39. The molecular formula is C18H20BrNO3S. The molecule has 6 heteroatoms. The quantitative estimate of drug-likeness (QED) is 0.711. The van der Waals surface area contributed by atoms with Crippen molar-refractivity contribution in [1.29, 1.82) is 0 Å². The molecule has 1 aromatic carbocycles. The second-order valence-electron chi connectivity index (χ2n) is 5.84. The number of thiophene rings is 1. The number of carbonyl (C=O) groups is 1. The van der Waals surface area contributed by atoms with Crippen LogP contribution in [0.4, 0.5) is 0 Å². The van der Waals surface area contributed by atoms with Gasteiger partial charge in [-0.2, -0.15) is 0 Å². The summed E-state index contributed by atoms with van der Waals surface area (Å²) in [6.07, 6.45) is 2.36. The van der Waals surface area contributed by atoms with Gasteiger partial charge in [-0.3, -0.25) is 4.79 Å². The van der Waals surface area contributed by atoms with Crippen molar-refractivity contribution in [2.75, 3.05) is 20.3 Å². The van der Waals surface area contributed by atoms with Crippen molar-refractivity contribution in [2.45, 2.75) is 25.5 Å². The number of rotatable bonds is 6. The van der Waals surface area contributed by atoms with E-state index in [-0.39, 0.29) is 12.0 Å². The third-order valence-electron chi connectivity index (χ3n) is 3.93. The van der Waals surface area contributed by atoms with Crippen LogP contribution in [-0.2, 0) is 11.3 Å². The number of nitrogens with zero attached hydrogens (tertiary/aromatic N) is 1. The molecule has 1 aliphatic heterocycles. The van der Waals surface area contributed by atoms with E-state index in [0.717, 1.165) is 33.9 Å². The molecule has 1 saturated heterocycles. The summed E-state index contributed by atoms with van der Waals surface area (Å²) in [5.41, 5.74) is 0.664. The van der Waals surface area contributed by atoms with Gasteiger partial charge in [0.05, 0.1) is 16.4 Å². The van der Waals surface area contributed by atoms with E-state index in [1.165, 1.54) is 0 Å². The maximum atomic E-state index is 12.5. The highest BCUT2D eigenvalue weighted by molar-refractivity contribution is 9.11. The van der Waals surface area contributed by atoms with E-state index in [1.807, 2.05) is 43.4 Å². The van der Waals surface area contributed by atoms with Crippen LogP contribution in [0.1, 0.15) is 28.1 Å². The third-order valence-corrected chi connectivity index (χ3v) is 5.54. The largest absolute Gasteiger partial charge is 0.491 e. The lowest BCUT2D eigenvalue weighted by Gasteiger charge is -2.17. The first-order chi connectivity index (χ1) is 11.6. The van der Waals surface area contributed by atoms with Crippen LogP contribution in [0.15, 0.2) is 40.2 Å². The van der Waals surface area contributed by atoms with Crippen molar-refractivity contribution in [2.24, 2.45) is 0 Å². The van der Waals surface area contributed by atoms with Crippen LogP contribution in [0, 0.1) is 0 Å². The Kier molecular flexibility index (Phi) is 5.92. The third kappa shape index (κ3) is 4.59. The van der Waals surface area contributed by atoms with E-state index < -0.39 is 0 Å². The van der Waals surface area contributed by atoms with Gasteiger partial charge in [0, 0.05) is 24.1 Å². The van der Waals surface area contributed by atoms with E-state index in [2.05, 4.69) is 15.9 Å². The molecular weight excluding hydrogens is 390 g/mol. The van der Waals surface area contributed by atoms with Crippen molar-refractivity contribution in [1.82, 2.24) is 4.90 Å². The predicted molar refractivity (Wildman–Crippen MR) is 98.7 cm³/mol. The summed E-state index contributed by atoms with van der Waals surface area (Å²) in [5.74, 6) is 0.775. The lowest BCUT2D eigenvalue weighted by Crippen LogP contribution is -2.25. The van der Waals surface area contributed by atoms with E-state index >= 15 is 0 Å². The molecule has 2 heterocycles. The topological polar surface area (TPSA) is 38.8 Å². The zero-order chi connectivity index (χ0) is 16.9. The van der Waals surface area contributed by atoms with Gasteiger partial charge in [0.15, 0.2) is 0 Å². The fraction of sp³-hybridized carbons (Fsp3) is 0.389. The summed E-state index contributed by atoms with van der Waals surface area (Å²) in [6, 6.07) is 11.3. The van der Waals surface area contributed by atoms with E-state index in [9.17, 15) is 4.79 Å². The number of hydrogen-bond donors (Lipinski definition) is 0. The second kappa shape index (κ2) is 8.14. The van der Waals surface area contributed by atoms with Gasteiger partial charge in [-0.05, 0) is 65.2 Å². The molecule has 0 spiro atoms. The molecule has 0 saturated carbocycles. The van der Waals surface area contributed by atoms with Gasteiger partial charge in [0.1, 0.15) is 12.4 Å². The molecule has 128 valence electrons. The van der Waals surface area contributed by atoms with Crippen molar-refractivity contribution < 1.29 is 14.3 Å². The predicted octanol–water partition coefficient (Wildman–Crippen LogP) is 4.34. The van der Waals surface area contributed by atoms with Crippen LogP contribution in [-0.4, -0.2) is 37.2 Å². The van der Waals surface area contributed by atoms with E-state index in [4.69, 9.17) is 9.47 Å². The fourth-order valence-corrected chi connectivity index (χ4v) is 4.16. The molecule has 3 rings (SSSR count). The maximum Gasteiger partial charge on any atom is 0.253 e. The first-order valence-corrected chi connectivity index (χ1v) is 9.57. The monoisotopic (exact) mass is 409 g/mol. The van der Waals surface area contributed by atoms with E-state index in [1.54, 1.807) is 16.2 Å². The smallest absolute Gasteiger partial charge is 0.253 e. The molecule has 0 N–H and O–H groups in total. The summed E-state index contributed by atoms with van der Waals surface area (Å²) < 4.78 is 12.3. The van der Waals surface area contributed by atoms with Gasteiger partial charge in [-0.15, -0.1) is 11.3 Å². The van der Waals surface area contributed by atoms with Crippen molar-refractivity contribution in [3.05, 3.63) is 50.6 Å². The number of hydrogen-bond acceptors (Lipinski definition) is 4. The van der Waals surface area contributed by atoms with E-state index in [0.29, 0.717) is 18.7 Å². The van der Waals surface area contributed by atoms with Crippen LogP contribution in [0.5, 0.6) is 5.75 Å². The SMILES string of the molecule is CN(Cc1ccc(Br)s1)C(=O)c1ccc(OCC2CCCO2)cc1. The lowest BCUT2D eigenvalue weighted by molar-refractivity contribution is 0.0679. The summed E-state index contributed by atoms with van der Waals surface area (Å²) in [7, 11) is 1.82. The van der Waals surface area contributed by atoms with Gasteiger partial charge in [-0.25, -0.2) is 0 Å². The minimum absolute atomic E-state index is 0.00481. The van der Waals surface area contributed by atoms with Gasteiger partial charge < -0.3 is 14.4 Å². The zero-order valence-electron chi connectivity index (χ0n) is 13.5. The Morgan fingerprint density at radius 2 is 2.12 bits per heavy atom. The number of halogens is 1. The normalized spacial score (nSPS) is 17.0. The Morgan fingerprint density at radius 1 is 1.33 bits per heavy atom. The molecule has 0 radical (unpaired) electrons. The summed E-state index contributed by atoms with van der Waals surface area (Å²) in [6.45, 7) is 2.00. The van der Waals surface area contributed by atoms with Crippen molar-refractivity contribution in [3.8, 4) is 5.75 Å². The van der Waals surface area contributed by atoms with Crippen molar-refractivity contribution >= 4 is 33.2 Å². The Hall–Kier alpha value is -1.37. The van der Waals surface area contributed by atoms with Gasteiger partial charge >= 0.3 is 0 Å². The Morgan fingerprint density at radius 3 is 2.75 bits per heavy atom. The minimum Gasteiger partial charge on any atom is -0.491 e. The number of carbonyl (C=O) groups excluding carboxylic acids is 1. The molecule has 1 aromatic heterocycles. The summed E-state index contributed by atoms with van der Waals surface area (Å²) in [5, 5.41) is 0. The molecule has 0 bridgehead atoms. The van der Waals surface area contributed by atoms with Gasteiger partial charge in [0.2, 0.25) is 0 Å². The Balaban J connectivity index is 1.54. The van der Waals surface area contributed by atoms with Crippen LogP contribution < -0.4 is 4.74 Å². The molecule has 1 amide bonds. The highest BCUT2D eigenvalue weighted by atomic mass is 79.9. The molecule has 4 nitrogen and oxygen atoms in total. The van der Waals surface area contributed by atoms with Crippen LogP contribution in [0.3, 0.4) is 0 Å². The zero-order valence-corrected chi connectivity index (χ0v) is 15.9. The fourth-order valence-electron chi connectivity index (χ4n) is 2.62. The molecule has 2 aromatic rings. The number of benzene rings is 1. The van der Waals surface area contributed by atoms with Crippen LogP contribution >= 0.6 is 27.3 Å². The summed E-state index contributed by atoms with van der Waals surface area (Å²) in [4.78, 5) is 15.4. The van der Waals surface area contributed by atoms with Crippen LogP contribution in [0.2, 0.25) is 0 Å². The minimum atomic E-state index is 0.00481. The highest BCUT2D eigenvalue weighted by Crippen LogP contribution is 2.23. The van der Waals surface area contributed by atoms with Crippen molar-refractivity contribution in [3.63, 3.8) is 0 Å². The molecule has 1 aliphatic rings. The Bertz CT molecular complexity index is 680. The molecule has 1 atom stereocenters.